The lowest BCUT2D eigenvalue weighted by Gasteiger charge is -2.17. The average Bonchev–Trinajstić information content (AvgIpc) is 3.12. The quantitative estimate of drug-likeness (QED) is 0.587. The average molecular weight is 392 g/mol. The van der Waals surface area contributed by atoms with Crippen molar-refractivity contribution in [3.05, 3.63) is 64.9 Å². The smallest absolute Gasteiger partial charge is 0.277 e. The SMILES string of the molecule is CN(Cc1c(F)cccc1Cl)C(=O)CSc1nnc(-c2ccccc2)o1. The zero-order valence-corrected chi connectivity index (χ0v) is 15.4. The van der Waals surface area contributed by atoms with Gasteiger partial charge in [0.2, 0.25) is 11.8 Å². The van der Waals surface area contributed by atoms with Gasteiger partial charge in [0.1, 0.15) is 5.82 Å². The monoisotopic (exact) mass is 391 g/mol. The second-order valence-corrected chi connectivity index (χ2v) is 6.81. The Kier molecular flexibility index (Phi) is 5.90. The van der Waals surface area contributed by atoms with Gasteiger partial charge in [0.25, 0.3) is 5.22 Å². The van der Waals surface area contributed by atoms with Crippen molar-refractivity contribution in [1.29, 1.82) is 0 Å². The van der Waals surface area contributed by atoms with Crippen LogP contribution in [0.5, 0.6) is 0 Å². The summed E-state index contributed by atoms with van der Waals surface area (Å²) in [7, 11) is 1.59. The lowest BCUT2D eigenvalue weighted by Crippen LogP contribution is -2.28. The first-order valence-corrected chi connectivity index (χ1v) is 9.09. The van der Waals surface area contributed by atoms with E-state index in [1.165, 1.54) is 17.0 Å². The molecule has 0 radical (unpaired) electrons. The molecule has 0 fully saturated rings. The number of carbonyl (C=O) groups excluding carboxylic acids is 1. The molecule has 2 aromatic carbocycles. The van der Waals surface area contributed by atoms with Crippen LogP contribution in [0.3, 0.4) is 0 Å². The molecule has 0 aliphatic carbocycles. The third kappa shape index (κ3) is 4.42. The Morgan fingerprint density at radius 1 is 1.19 bits per heavy atom. The van der Waals surface area contributed by atoms with Crippen LogP contribution in [0, 0.1) is 5.82 Å². The third-order valence-corrected chi connectivity index (χ3v) is 4.79. The molecule has 1 amide bonds. The number of hydrogen-bond donors (Lipinski definition) is 0. The Morgan fingerprint density at radius 3 is 2.69 bits per heavy atom. The van der Waals surface area contributed by atoms with Crippen LogP contribution in [0.4, 0.5) is 4.39 Å². The minimum atomic E-state index is -0.436. The van der Waals surface area contributed by atoms with E-state index in [1.54, 1.807) is 13.1 Å². The summed E-state index contributed by atoms with van der Waals surface area (Å²) in [6.45, 7) is 0.0873. The highest BCUT2D eigenvalue weighted by molar-refractivity contribution is 7.99. The fraction of sp³-hybridized carbons (Fsp3) is 0.167. The van der Waals surface area contributed by atoms with Crippen molar-refractivity contribution in [2.75, 3.05) is 12.8 Å². The molecule has 134 valence electrons. The highest BCUT2D eigenvalue weighted by Gasteiger charge is 2.16. The molecule has 0 N–H and O–H groups in total. The van der Waals surface area contributed by atoms with Gasteiger partial charge in [0, 0.05) is 29.7 Å². The van der Waals surface area contributed by atoms with Gasteiger partial charge in [-0.25, -0.2) is 4.39 Å². The van der Waals surface area contributed by atoms with Crippen molar-refractivity contribution >= 4 is 29.3 Å². The summed E-state index contributed by atoms with van der Waals surface area (Å²) in [6.07, 6.45) is 0. The summed E-state index contributed by atoms with van der Waals surface area (Å²) in [5, 5.41) is 8.50. The highest BCUT2D eigenvalue weighted by Crippen LogP contribution is 2.24. The number of halogens is 2. The minimum absolute atomic E-state index is 0.0873. The maximum Gasteiger partial charge on any atom is 0.277 e. The lowest BCUT2D eigenvalue weighted by molar-refractivity contribution is -0.127. The predicted octanol–water partition coefficient (Wildman–Crippen LogP) is 4.28. The first-order valence-electron chi connectivity index (χ1n) is 7.73. The first kappa shape index (κ1) is 18.4. The molecule has 1 aromatic heterocycles. The van der Waals surface area contributed by atoms with Gasteiger partial charge in [-0.2, -0.15) is 0 Å². The summed E-state index contributed by atoms with van der Waals surface area (Å²) in [5.74, 6) is -0.144. The molecular formula is C18H15ClFN3O2S. The van der Waals surface area contributed by atoms with Crippen LogP contribution < -0.4 is 0 Å². The van der Waals surface area contributed by atoms with Crippen molar-refractivity contribution in [3.63, 3.8) is 0 Å². The summed E-state index contributed by atoms with van der Waals surface area (Å²) >= 11 is 7.13. The zero-order valence-electron chi connectivity index (χ0n) is 13.9. The number of amides is 1. The molecule has 8 heteroatoms. The van der Waals surface area contributed by atoms with Crippen LogP contribution in [-0.2, 0) is 11.3 Å². The zero-order chi connectivity index (χ0) is 18.5. The van der Waals surface area contributed by atoms with Crippen LogP contribution in [0.2, 0.25) is 5.02 Å². The number of hydrogen-bond acceptors (Lipinski definition) is 5. The molecule has 0 saturated carbocycles. The van der Waals surface area contributed by atoms with Gasteiger partial charge in [0.15, 0.2) is 0 Å². The van der Waals surface area contributed by atoms with Crippen LogP contribution in [0.15, 0.2) is 58.2 Å². The highest BCUT2D eigenvalue weighted by atomic mass is 35.5. The van der Waals surface area contributed by atoms with E-state index in [4.69, 9.17) is 16.0 Å². The Balaban J connectivity index is 1.58. The molecule has 5 nitrogen and oxygen atoms in total. The fourth-order valence-electron chi connectivity index (χ4n) is 2.21. The van der Waals surface area contributed by atoms with Crippen molar-refractivity contribution in [2.24, 2.45) is 0 Å². The van der Waals surface area contributed by atoms with Gasteiger partial charge >= 0.3 is 0 Å². The van der Waals surface area contributed by atoms with E-state index in [0.717, 1.165) is 17.3 Å². The van der Waals surface area contributed by atoms with E-state index < -0.39 is 5.82 Å². The molecule has 0 spiro atoms. The molecule has 3 rings (SSSR count). The fourth-order valence-corrected chi connectivity index (χ4v) is 3.13. The molecule has 0 bridgehead atoms. The van der Waals surface area contributed by atoms with E-state index in [1.807, 2.05) is 30.3 Å². The standard InChI is InChI=1S/C18H15ClFN3O2S/c1-23(10-13-14(19)8-5-9-15(13)20)16(24)11-26-18-22-21-17(25-18)12-6-3-2-4-7-12/h2-9H,10-11H2,1H3. The second-order valence-electron chi connectivity index (χ2n) is 5.48. The Bertz CT molecular complexity index is 884. The summed E-state index contributed by atoms with van der Waals surface area (Å²) < 4.78 is 19.4. The van der Waals surface area contributed by atoms with Gasteiger partial charge in [0.05, 0.1) is 5.75 Å². The number of nitrogens with zero attached hydrogens (tertiary/aromatic N) is 3. The van der Waals surface area contributed by atoms with Gasteiger partial charge in [-0.3, -0.25) is 4.79 Å². The van der Waals surface area contributed by atoms with Gasteiger partial charge < -0.3 is 9.32 Å². The Labute approximate surface area is 159 Å². The summed E-state index contributed by atoms with van der Waals surface area (Å²) in [5.41, 5.74) is 1.10. The number of aromatic nitrogens is 2. The second kappa shape index (κ2) is 8.33. The molecule has 0 aliphatic rings. The van der Waals surface area contributed by atoms with Gasteiger partial charge in [-0.05, 0) is 24.3 Å². The number of thioether (sulfide) groups is 1. The van der Waals surface area contributed by atoms with Gasteiger partial charge in [-0.15, -0.1) is 10.2 Å². The van der Waals surface area contributed by atoms with Crippen LogP contribution in [0.25, 0.3) is 11.5 Å². The maximum atomic E-state index is 13.8. The summed E-state index contributed by atoms with van der Waals surface area (Å²) in [4.78, 5) is 13.7. The summed E-state index contributed by atoms with van der Waals surface area (Å²) in [6, 6.07) is 13.8. The third-order valence-electron chi connectivity index (χ3n) is 3.63. The van der Waals surface area contributed by atoms with Crippen LogP contribution in [-0.4, -0.2) is 33.8 Å². The van der Waals surface area contributed by atoms with Crippen LogP contribution in [0.1, 0.15) is 5.56 Å². The molecule has 26 heavy (non-hydrogen) atoms. The largest absolute Gasteiger partial charge is 0.411 e. The van der Waals surface area contributed by atoms with Crippen molar-refractivity contribution in [1.82, 2.24) is 15.1 Å². The predicted molar refractivity (Wildman–Crippen MR) is 98.3 cm³/mol. The lowest BCUT2D eigenvalue weighted by atomic mass is 10.2. The molecule has 1 heterocycles. The van der Waals surface area contributed by atoms with Crippen molar-refractivity contribution in [3.8, 4) is 11.5 Å². The minimum Gasteiger partial charge on any atom is -0.411 e. The number of carbonyl (C=O) groups is 1. The molecule has 0 aliphatic heterocycles. The molecular weight excluding hydrogens is 377 g/mol. The van der Waals surface area contributed by atoms with Crippen LogP contribution >= 0.6 is 23.4 Å². The maximum absolute atomic E-state index is 13.8. The van der Waals surface area contributed by atoms with E-state index in [0.29, 0.717) is 21.7 Å². The van der Waals surface area contributed by atoms with Crippen molar-refractivity contribution < 1.29 is 13.6 Å². The molecule has 0 saturated heterocycles. The van der Waals surface area contributed by atoms with E-state index in [2.05, 4.69) is 10.2 Å². The molecule has 3 aromatic rings. The van der Waals surface area contributed by atoms with E-state index >= 15 is 0 Å². The van der Waals surface area contributed by atoms with E-state index in [-0.39, 0.29) is 18.2 Å². The molecule has 0 unspecified atom stereocenters. The number of rotatable bonds is 6. The Morgan fingerprint density at radius 2 is 1.96 bits per heavy atom. The van der Waals surface area contributed by atoms with Gasteiger partial charge in [-0.1, -0.05) is 47.6 Å². The topological polar surface area (TPSA) is 59.2 Å². The normalized spacial score (nSPS) is 10.7. The van der Waals surface area contributed by atoms with E-state index in [9.17, 15) is 9.18 Å². The Hall–Kier alpha value is -2.38. The molecule has 0 atom stereocenters. The van der Waals surface area contributed by atoms with Crippen molar-refractivity contribution in [2.45, 2.75) is 11.8 Å². The first-order chi connectivity index (χ1) is 12.5. The number of benzene rings is 2.